The van der Waals surface area contributed by atoms with Gasteiger partial charge in [0.2, 0.25) is 0 Å². The summed E-state index contributed by atoms with van der Waals surface area (Å²) in [6, 6.07) is 4.10. The Balaban J connectivity index is 0.000000640. The predicted octanol–water partition coefficient (Wildman–Crippen LogP) is 8.03. The summed E-state index contributed by atoms with van der Waals surface area (Å²) in [6.07, 6.45) is 13.9. The van der Waals surface area contributed by atoms with Crippen LogP contribution in [-0.4, -0.2) is 57.3 Å². The number of alkyl halides is 1. The Morgan fingerprint density at radius 1 is 1.14 bits per heavy atom. The third-order valence-electron chi connectivity index (χ3n) is 6.99. The summed E-state index contributed by atoms with van der Waals surface area (Å²) < 4.78 is 9.50. The topological polar surface area (TPSA) is 82.6 Å². The van der Waals surface area contributed by atoms with Crippen LogP contribution in [0.5, 0.6) is 0 Å². The third kappa shape index (κ3) is 7.29. The minimum Gasteiger partial charge on any atom is -0.353 e. The zero-order chi connectivity index (χ0) is 30.9. The lowest BCUT2D eigenvalue weighted by Gasteiger charge is -2.40. The van der Waals surface area contributed by atoms with Crippen LogP contribution < -0.4 is 10.2 Å². The number of pyridine rings is 2. The lowest BCUT2D eigenvalue weighted by molar-refractivity contribution is 0.352. The molecule has 224 valence electrons. The van der Waals surface area contributed by atoms with Crippen molar-refractivity contribution in [2.75, 3.05) is 31.7 Å². The number of hydrogen-bond donors (Lipinski definition) is 2. The van der Waals surface area contributed by atoms with Crippen molar-refractivity contribution in [3.05, 3.63) is 73.4 Å². The van der Waals surface area contributed by atoms with Gasteiger partial charge in [0.1, 0.15) is 11.5 Å². The van der Waals surface area contributed by atoms with Crippen LogP contribution in [0.4, 0.5) is 10.2 Å². The molecule has 0 atom stereocenters. The van der Waals surface area contributed by atoms with Crippen LogP contribution in [0.25, 0.3) is 38.9 Å². The molecule has 0 radical (unpaired) electrons. The number of halogens is 1. The molecule has 5 heterocycles. The molecular formula is C34H46FN7. The van der Waals surface area contributed by atoms with E-state index in [0.717, 1.165) is 64.2 Å². The van der Waals surface area contributed by atoms with E-state index in [9.17, 15) is 4.39 Å². The standard InChI is InChI=1S/C28H31N7.C3H6.C2H6.CH3F/c1-5-6-17(2)22-13-20-19(9-10-30-25(20)32-22)26-33-23-15-29-14-21(18-7-8-18)24(23)27(34-26)35-12-11-31-28(3,4)16-35;1-3-2;2*1-2/h5-6,9-10,13-15,18,31H,2,7-8,11-12,16H2,1,3-4H3,(H,30,32);3H,1H2,2H3;1-2H3;1H3/b6-5-;;;. The van der Waals surface area contributed by atoms with Gasteiger partial charge in [-0.2, -0.15) is 0 Å². The van der Waals surface area contributed by atoms with E-state index < -0.39 is 0 Å². The molecule has 2 fully saturated rings. The first-order valence-electron chi connectivity index (χ1n) is 14.8. The van der Waals surface area contributed by atoms with E-state index >= 15 is 0 Å². The molecule has 4 aromatic rings. The molecule has 0 spiro atoms. The summed E-state index contributed by atoms with van der Waals surface area (Å²) in [6.45, 7) is 22.6. The molecule has 1 aliphatic carbocycles. The van der Waals surface area contributed by atoms with E-state index in [1.54, 1.807) is 6.08 Å². The Bertz CT molecular complexity index is 1530. The molecule has 7 nitrogen and oxygen atoms in total. The maximum absolute atomic E-state index is 9.50. The van der Waals surface area contributed by atoms with Crippen LogP contribution in [0.2, 0.25) is 0 Å². The Hall–Kier alpha value is -3.91. The fourth-order valence-electron chi connectivity index (χ4n) is 5.15. The van der Waals surface area contributed by atoms with Gasteiger partial charge in [0.15, 0.2) is 5.82 Å². The number of aromatic amines is 1. The Morgan fingerprint density at radius 2 is 1.86 bits per heavy atom. The van der Waals surface area contributed by atoms with Crippen molar-refractivity contribution < 1.29 is 4.39 Å². The van der Waals surface area contributed by atoms with Crippen molar-refractivity contribution in [3.63, 3.8) is 0 Å². The SMILES string of the molecule is C=C(/C=C\C)c1cc2c(-c3nc(N4CCNC(C)(C)C4)c4c(C5CC5)cncc4n3)ccnc2[nH]1.C=CC.CC.CF. The summed E-state index contributed by atoms with van der Waals surface area (Å²) in [7, 11) is 0.500. The minimum absolute atomic E-state index is 0.00902. The van der Waals surface area contributed by atoms with Crippen LogP contribution >= 0.6 is 0 Å². The summed E-state index contributed by atoms with van der Waals surface area (Å²) in [4.78, 5) is 25.3. The molecule has 42 heavy (non-hydrogen) atoms. The number of piperazine rings is 1. The number of aromatic nitrogens is 5. The summed E-state index contributed by atoms with van der Waals surface area (Å²) in [5.74, 6) is 2.28. The van der Waals surface area contributed by atoms with Gasteiger partial charge in [-0.25, -0.2) is 15.0 Å². The first kappa shape index (κ1) is 32.6. The van der Waals surface area contributed by atoms with Crippen molar-refractivity contribution in [1.82, 2.24) is 30.2 Å². The zero-order valence-electron chi connectivity index (χ0n) is 26.3. The molecule has 1 saturated heterocycles. The number of fused-ring (bicyclic) bond motifs is 2. The van der Waals surface area contributed by atoms with E-state index in [0.29, 0.717) is 18.9 Å². The van der Waals surface area contributed by atoms with Crippen LogP contribution in [0.1, 0.15) is 71.6 Å². The number of nitrogens with one attached hydrogen (secondary N) is 2. The fraction of sp³-hybridized carbons (Fsp3) is 0.412. The lowest BCUT2D eigenvalue weighted by atomic mass is 10.0. The highest BCUT2D eigenvalue weighted by atomic mass is 19.1. The van der Waals surface area contributed by atoms with Gasteiger partial charge in [0.05, 0.1) is 18.9 Å². The highest BCUT2D eigenvalue weighted by Gasteiger charge is 2.32. The maximum Gasteiger partial charge on any atom is 0.163 e. The third-order valence-corrected chi connectivity index (χ3v) is 6.99. The van der Waals surface area contributed by atoms with Gasteiger partial charge in [0, 0.05) is 59.6 Å². The first-order valence-corrected chi connectivity index (χ1v) is 14.8. The van der Waals surface area contributed by atoms with Gasteiger partial charge in [0.25, 0.3) is 0 Å². The van der Waals surface area contributed by atoms with Crippen LogP contribution in [0, 0.1) is 0 Å². The highest BCUT2D eigenvalue weighted by molar-refractivity contribution is 5.98. The second-order valence-corrected chi connectivity index (χ2v) is 10.7. The monoisotopic (exact) mass is 571 g/mol. The van der Waals surface area contributed by atoms with Crippen molar-refractivity contribution in [3.8, 4) is 11.4 Å². The van der Waals surface area contributed by atoms with Crippen LogP contribution in [-0.2, 0) is 0 Å². The average molecular weight is 572 g/mol. The Labute approximate surface area is 250 Å². The minimum atomic E-state index is 0.00902. The smallest absolute Gasteiger partial charge is 0.163 e. The van der Waals surface area contributed by atoms with Gasteiger partial charge in [-0.15, -0.1) is 6.58 Å². The number of rotatable bonds is 5. The number of hydrogen-bond acceptors (Lipinski definition) is 6. The second kappa shape index (κ2) is 14.8. The van der Waals surface area contributed by atoms with Gasteiger partial charge in [-0.3, -0.25) is 9.37 Å². The number of nitrogens with zero attached hydrogens (tertiary/aromatic N) is 5. The van der Waals surface area contributed by atoms with E-state index in [1.807, 2.05) is 64.5 Å². The average Bonchev–Trinajstić information content (AvgIpc) is 3.75. The molecule has 0 aromatic carbocycles. The second-order valence-electron chi connectivity index (χ2n) is 10.7. The molecule has 2 aliphatic rings. The quantitative estimate of drug-likeness (QED) is 0.186. The summed E-state index contributed by atoms with van der Waals surface area (Å²) >= 11 is 0. The molecule has 1 aliphatic heterocycles. The number of anilines is 1. The molecular weight excluding hydrogens is 525 g/mol. The van der Waals surface area contributed by atoms with Gasteiger partial charge >= 0.3 is 0 Å². The van der Waals surface area contributed by atoms with Crippen molar-refractivity contribution in [2.45, 2.75) is 65.8 Å². The molecule has 0 bridgehead atoms. The fourth-order valence-corrected chi connectivity index (χ4v) is 5.15. The van der Waals surface area contributed by atoms with Crippen LogP contribution in [0.3, 0.4) is 0 Å². The Kier molecular flexibility index (Phi) is 11.5. The van der Waals surface area contributed by atoms with E-state index in [1.165, 1.54) is 18.4 Å². The van der Waals surface area contributed by atoms with Gasteiger partial charge < -0.3 is 15.2 Å². The van der Waals surface area contributed by atoms with Gasteiger partial charge in [-0.1, -0.05) is 38.7 Å². The van der Waals surface area contributed by atoms with Crippen molar-refractivity contribution >= 4 is 33.3 Å². The van der Waals surface area contributed by atoms with E-state index in [4.69, 9.17) is 9.97 Å². The molecule has 0 unspecified atom stereocenters. The number of allylic oxidation sites excluding steroid dienone is 4. The summed E-state index contributed by atoms with van der Waals surface area (Å²) in [5.41, 5.74) is 5.83. The molecule has 1 saturated carbocycles. The van der Waals surface area contributed by atoms with E-state index in [2.05, 4.69) is 58.2 Å². The van der Waals surface area contributed by atoms with Gasteiger partial charge in [-0.05, 0) is 69.7 Å². The Morgan fingerprint density at radius 3 is 2.50 bits per heavy atom. The molecule has 4 aromatic heterocycles. The maximum atomic E-state index is 9.50. The molecule has 0 amide bonds. The molecule has 6 rings (SSSR count). The van der Waals surface area contributed by atoms with Crippen molar-refractivity contribution in [1.29, 1.82) is 0 Å². The highest BCUT2D eigenvalue weighted by Crippen LogP contribution is 2.45. The van der Waals surface area contributed by atoms with Crippen molar-refractivity contribution in [2.24, 2.45) is 0 Å². The molecule has 2 N–H and O–H groups in total. The predicted molar refractivity (Wildman–Crippen MR) is 177 cm³/mol. The van der Waals surface area contributed by atoms with E-state index in [-0.39, 0.29) is 5.54 Å². The first-order chi connectivity index (χ1) is 20.3. The van der Waals surface area contributed by atoms with Crippen LogP contribution in [0.15, 0.2) is 62.1 Å². The normalized spacial score (nSPS) is 15.7. The lowest BCUT2D eigenvalue weighted by Crippen LogP contribution is -2.57. The number of H-pyrrole nitrogens is 1. The molecule has 8 heteroatoms. The largest absolute Gasteiger partial charge is 0.353 e. The zero-order valence-corrected chi connectivity index (χ0v) is 26.3. The summed E-state index contributed by atoms with van der Waals surface area (Å²) in [5, 5.41) is 5.78.